The van der Waals surface area contributed by atoms with Gasteiger partial charge in [-0.25, -0.2) is 0 Å². The number of hydrogen-bond acceptors (Lipinski definition) is 4. The Morgan fingerprint density at radius 1 is 1.17 bits per heavy atom. The summed E-state index contributed by atoms with van der Waals surface area (Å²) < 4.78 is 2.17. The molecule has 0 N–H and O–H groups in total. The number of fused-ring (bicyclic) bond motifs is 3. The molecule has 0 radical (unpaired) electrons. The monoisotopic (exact) mass is 329 g/mol. The number of hydrogen-bond donors (Lipinski definition) is 0. The Labute approximate surface area is 141 Å². The molecule has 3 heterocycles. The van der Waals surface area contributed by atoms with Crippen LogP contribution in [-0.2, 0) is 13.0 Å². The molecule has 1 aromatic carbocycles. The summed E-state index contributed by atoms with van der Waals surface area (Å²) in [4.78, 5) is 7.23. The second-order valence-corrected chi connectivity index (χ2v) is 6.55. The van der Waals surface area contributed by atoms with E-state index in [1.54, 1.807) is 0 Å². The van der Waals surface area contributed by atoms with Crippen LogP contribution in [0.2, 0.25) is 5.02 Å². The Hall–Kier alpha value is -1.88. The Morgan fingerprint density at radius 2 is 2.00 bits per heavy atom. The first-order chi connectivity index (χ1) is 11.3. The quantitative estimate of drug-likeness (QED) is 0.849. The molecule has 23 heavy (non-hydrogen) atoms. The van der Waals surface area contributed by atoms with Crippen molar-refractivity contribution >= 4 is 17.4 Å². The average Bonchev–Trinajstić information content (AvgIpc) is 3.17. The fraction of sp³-hybridized carbons (Fsp3) is 0.471. The maximum Gasteiger partial charge on any atom is 0.159 e. The Kier molecular flexibility index (Phi) is 3.81. The van der Waals surface area contributed by atoms with E-state index in [-0.39, 0.29) is 0 Å². The van der Waals surface area contributed by atoms with Crippen LogP contribution >= 0.6 is 11.6 Å². The van der Waals surface area contributed by atoms with Crippen LogP contribution in [-0.4, -0.2) is 38.6 Å². The van der Waals surface area contributed by atoms with Gasteiger partial charge in [-0.15, -0.1) is 10.2 Å². The molecule has 2 aliphatic heterocycles. The molecular formula is C17H20ClN5. The topological polar surface area (TPSA) is 46.3 Å². The second-order valence-electron chi connectivity index (χ2n) is 6.11. The number of aryl methyl sites for hydroxylation is 1. The molecule has 0 bridgehead atoms. The molecule has 2 aromatic rings. The third-order valence-electron chi connectivity index (χ3n) is 4.49. The highest BCUT2D eigenvalue weighted by atomic mass is 35.5. The van der Waals surface area contributed by atoms with Crippen LogP contribution in [0.4, 0.5) is 0 Å². The van der Waals surface area contributed by atoms with Gasteiger partial charge in [0.1, 0.15) is 18.2 Å². The Morgan fingerprint density at radius 3 is 2.78 bits per heavy atom. The van der Waals surface area contributed by atoms with Crippen LogP contribution in [0.25, 0.3) is 5.69 Å². The van der Waals surface area contributed by atoms with Crippen LogP contribution in [0.3, 0.4) is 0 Å². The maximum absolute atomic E-state index is 6.29. The van der Waals surface area contributed by atoms with Crippen molar-refractivity contribution in [2.75, 3.05) is 13.1 Å². The summed E-state index contributed by atoms with van der Waals surface area (Å²) >= 11 is 6.29. The first kappa shape index (κ1) is 14.7. The van der Waals surface area contributed by atoms with E-state index in [0.29, 0.717) is 6.54 Å². The third kappa shape index (κ3) is 2.53. The van der Waals surface area contributed by atoms with Crippen molar-refractivity contribution in [1.82, 2.24) is 19.7 Å². The fourth-order valence-electron chi connectivity index (χ4n) is 3.43. The number of benzene rings is 1. The lowest BCUT2D eigenvalue weighted by molar-refractivity contribution is 0.518. The van der Waals surface area contributed by atoms with Gasteiger partial charge in [0.2, 0.25) is 0 Å². The highest BCUT2D eigenvalue weighted by Gasteiger charge is 2.26. The fourth-order valence-corrected chi connectivity index (χ4v) is 3.60. The number of amidine groups is 1. The zero-order valence-corrected chi connectivity index (χ0v) is 14.1. The SMILES string of the molecule is CCCc1nnc2n1-c1ccc(Cl)cc1C(N1CCCC1)=NC2. The van der Waals surface area contributed by atoms with Gasteiger partial charge in [-0.2, -0.15) is 0 Å². The van der Waals surface area contributed by atoms with Gasteiger partial charge in [-0.1, -0.05) is 18.5 Å². The number of rotatable bonds is 2. The van der Waals surface area contributed by atoms with E-state index in [1.165, 1.54) is 12.8 Å². The van der Waals surface area contributed by atoms with Crippen LogP contribution < -0.4 is 0 Å². The van der Waals surface area contributed by atoms with Crippen LogP contribution in [0.1, 0.15) is 43.4 Å². The van der Waals surface area contributed by atoms with Gasteiger partial charge in [0.25, 0.3) is 0 Å². The Balaban J connectivity index is 1.89. The highest BCUT2D eigenvalue weighted by molar-refractivity contribution is 6.31. The van der Waals surface area contributed by atoms with E-state index in [1.807, 2.05) is 12.1 Å². The maximum atomic E-state index is 6.29. The van der Waals surface area contributed by atoms with Gasteiger partial charge in [0.15, 0.2) is 5.82 Å². The molecule has 0 atom stereocenters. The van der Waals surface area contributed by atoms with Gasteiger partial charge in [-0.05, 0) is 37.5 Å². The molecule has 4 rings (SSSR count). The number of nitrogens with zero attached hydrogens (tertiary/aromatic N) is 5. The third-order valence-corrected chi connectivity index (χ3v) is 4.72. The lowest BCUT2D eigenvalue weighted by Crippen LogP contribution is -2.29. The van der Waals surface area contributed by atoms with E-state index < -0.39 is 0 Å². The molecule has 5 nitrogen and oxygen atoms in total. The molecule has 0 saturated carbocycles. The highest BCUT2D eigenvalue weighted by Crippen LogP contribution is 2.28. The first-order valence-corrected chi connectivity index (χ1v) is 8.68. The summed E-state index contributed by atoms with van der Waals surface area (Å²) in [5.74, 6) is 2.96. The standard InChI is InChI=1S/C17H20ClN5/c1-2-5-15-20-21-16-11-19-17(22-8-3-4-9-22)13-10-12(18)6-7-14(13)23(15)16/h6-7,10H,2-5,8-9,11H2,1H3. The van der Waals surface area contributed by atoms with E-state index in [9.17, 15) is 0 Å². The summed E-state index contributed by atoms with van der Waals surface area (Å²) in [7, 11) is 0. The Bertz CT molecular complexity index is 758. The molecule has 0 unspecified atom stereocenters. The van der Waals surface area contributed by atoms with Gasteiger partial charge in [0, 0.05) is 30.1 Å². The zero-order valence-electron chi connectivity index (χ0n) is 13.3. The molecule has 120 valence electrons. The predicted octanol–water partition coefficient (Wildman–Crippen LogP) is 3.23. The number of aromatic nitrogens is 3. The molecule has 2 aliphatic rings. The summed E-state index contributed by atoms with van der Waals surface area (Å²) in [6, 6.07) is 6.03. The van der Waals surface area contributed by atoms with Gasteiger partial charge >= 0.3 is 0 Å². The van der Waals surface area contributed by atoms with Crippen LogP contribution in [0, 0.1) is 0 Å². The minimum atomic E-state index is 0.564. The molecule has 1 saturated heterocycles. The van der Waals surface area contributed by atoms with Crippen molar-refractivity contribution in [3.63, 3.8) is 0 Å². The van der Waals surface area contributed by atoms with E-state index >= 15 is 0 Å². The molecular weight excluding hydrogens is 310 g/mol. The normalized spacial score (nSPS) is 16.8. The van der Waals surface area contributed by atoms with Crippen molar-refractivity contribution in [3.8, 4) is 5.69 Å². The predicted molar refractivity (Wildman–Crippen MR) is 91.4 cm³/mol. The summed E-state index contributed by atoms with van der Waals surface area (Å²) in [5.41, 5.74) is 2.19. The summed E-state index contributed by atoms with van der Waals surface area (Å²) in [6.45, 7) is 4.85. The van der Waals surface area contributed by atoms with Gasteiger partial charge in [0.05, 0.1) is 5.69 Å². The van der Waals surface area contributed by atoms with E-state index in [2.05, 4.69) is 32.7 Å². The number of halogens is 1. The zero-order chi connectivity index (χ0) is 15.8. The molecule has 1 aromatic heterocycles. The molecule has 0 aliphatic carbocycles. The van der Waals surface area contributed by atoms with Crippen molar-refractivity contribution in [2.45, 2.75) is 39.2 Å². The molecule has 0 amide bonds. The lowest BCUT2D eigenvalue weighted by Gasteiger charge is -2.21. The second kappa shape index (κ2) is 5.96. The van der Waals surface area contributed by atoms with E-state index in [0.717, 1.165) is 59.7 Å². The lowest BCUT2D eigenvalue weighted by atomic mass is 10.1. The minimum absolute atomic E-state index is 0.564. The number of likely N-dealkylation sites (tertiary alicyclic amines) is 1. The largest absolute Gasteiger partial charge is 0.356 e. The minimum Gasteiger partial charge on any atom is -0.356 e. The molecule has 6 heteroatoms. The van der Waals surface area contributed by atoms with E-state index in [4.69, 9.17) is 16.6 Å². The van der Waals surface area contributed by atoms with Gasteiger partial charge < -0.3 is 4.90 Å². The van der Waals surface area contributed by atoms with Crippen molar-refractivity contribution in [3.05, 3.63) is 40.4 Å². The van der Waals surface area contributed by atoms with Crippen LogP contribution in [0.15, 0.2) is 23.2 Å². The molecule has 0 spiro atoms. The summed E-state index contributed by atoms with van der Waals surface area (Å²) in [6.07, 6.45) is 4.40. The molecule has 1 fully saturated rings. The van der Waals surface area contributed by atoms with Crippen molar-refractivity contribution in [1.29, 1.82) is 0 Å². The average molecular weight is 330 g/mol. The van der Waals surface area contributed by atoms with Crippen molar-refractivity contribution < 1.29 is 0 Å². The van der Waals surface area contributed by atoms with Gasteiger partial charge in [-0.3, -0.25) is 9.56 Å². The first-order valence-electron chi connectivity index (χ1n) is 8.31. The van der Waals surface area contributed by atoms with Crippen molar-refractivity contribution in [2.24, 2.45) is 4.99 Å². The van der Waals surface area contributed by atoms with Crippen LogP contribution in [0.5, 0.6) is 0 Å². The number of aliphatic imine (C=N–C) groups is 1. The smallest absolute Gasteiger partial charge is 0.159 e. The summed E-state index contributed by atoms with van der Waals surface area (Å²) in [5, 5.41) is 9.48.